The van der Waals surface area contributed by atoms with E-state index in [9.17, 15) is 13.2 Å². The number of halogens is 1. The van der Waals surface area contributed by atoms with Crippen molar-refractivity contribution in [2.24, 2.45) is 0 Å². The molecule has 0 fully saturated rings. The summed E-state index contributed by atoms with van der Waals surface area (Å²) in [5.74, 6) is -0.356. The van der Waals surface area contributed by atoms with Crippen molar-refractivity contribution in [1.29, 1.82) is 0 Å². The fraction of sp³-hybridized carbons (Fsp3) is 0.350. The monoisotopic (exact) mass is 406 g/mol. The van der Waals surface area contributed by atoms with Crippen molar-refractivity contribution < 1.29 is 13.2 Å². The van der Waals surface area contributed by atoms with Crippen LogP contribution in [0.2, 0.25) is 5.02 Å². The van der Waals surface area contributed by atoms with E-state index in [4.69, 9.17) is 11.6 Å². The van der Waals surface area contributed by atoms with Gasteiger partial charge in [-0.15, -0.1) is 0 Å². The zero-order valence-corrected chi connectivity index (χ0v) is 16.9. The molecule has 0 heterocycles. The topological polar surface area (TPSA) is 75.3 Å². The summed E-state index contributed by atoms with van der Waals surface area (Å²) in [6.45, 7) is 3.48. The summed E-state index contributed by atoms with van der Waals surface area (Å²) in [7, 11) is -3.69. The Hall–Kier alpha value is -1.89. The molecule has 1 atom stereocenters. The molecule has 0 aromatic heterocycles. The van der Waals surface area contributed by atoms with Crippen molar-refractivity contribution in [3.05, 3.63) is 64.2 Å². The first-order chi connectivity index (χ1) is 12.8. The van der Waals surface area contributed by atoms with Crippen LogP contribution in [0.1, 0.15) is 41.8 Å². The van der Waals surface area contributed by atoms with E-state index in [1.54, 1.807) is 13.8 Å². The lowest BCUT2D eigenvalue weighted by atomic mass is 9.88. The van der Waals surface area contributed by atoms with Crippen LogP contribution in [0.3, 0.4) is 0 Å². The molecule has 0 aliphatic heterocycles. The smallest absolute Gasteiger partial charge is 0.253 e. The molecule has 1 aliphatic carbocycles. The maximum absolute atomic E-state index is 12.7. The Kier molecular flexibility index (Phi) is 5.89. The zero-order valence-electron chi connectivity index (χ0n) is 15.3. The minimum absolute atomic E-state index is 0.00230. The zero-order chi connectivity index (χ0) is 19.6. The lowest BCUT2D eigenvalue weighted by molar-refractivity contribution is 0.0933. The molecule has 5 nitrogen and oxygen atoms in total. The van der Waals surface area contributed by atoms with Gasteiger partial charge in [0.2, 0.25) is 10.0 Å². The number of rotatable bonds is 5. The fourth-order valence-corrected chi connectivity index (χ4v) is 4.79. The van der Waals surface area contributed by atoms with Crippen LogP contribution in [-0.2, 0) is 22.9 Å². The van der Waals surface area contributed by atoms with Crippen molar-refractivity contribution in [1.82, 2.24) is 10.0 Å². The first-order valence-corrected chi connectivity index (χ1v) is 10.8. The van der Waals surface area contributed by atoms with E-state index in [2.05, 4.69) is 22.2 Å². The van der Waals surface area contributed by atoms with Gasteiger partial charge in [0.15, 0.2) is 0 Å². The van der Waals surface area contributed by atoms with Crippen molar-refractivity contribution in [3.8, 4) is 0 Å². The van der Waals surface area contributed by atoms with E-state index in [1.165, 1.54) is 29.3 Å². The Morgan fingerprint density at radius 3 is 2.56 bits per heavy atom. The number of nitrogens with one attached hydrogen (secondary N) is 2. The van der Waals surface area contributed by atoms with Crippen molar-refractivity contribution in [2.45, 2.75) is 50.1 Å². The highest BCUT2D eigenvalue weighted by atomic mass is 35.5. The highest BCUT2D eigenvalue weighted by Gasteiger charge is 2.23. The molecule has 3 rings (SSSR count). The maximum Gasteiger partial charge on any atom is 0.253 e. The number of hydrogen-bond donors (Lipinski definition) is 2. The summed E-state index contributed by atoms with van der Waals surface area (Å²) in [5, 5.41) is 3.23. The average Bonchev–Trinajstić information content (AvgIpc) is 2.60. The second kappa shape index (κ2) is 8.00. The number of hydrogen-bond acceptors (Lipinski definition) is 3. The average molecular weight is 407 g/mol. The molecule has 2 aromatic rings. The first-order valence-electron chi connectivity index (χ1n) is 8.96. The second-order valence-corrected chi connectivity index (χ2v) is 9.22. The number of benzene rings is 2. The van der Waals surface area contributed by atoms with Crippen LogP contribution in [0.25, 0.3) is 0 Å². The van der Waals surface area contributed by atoms with Gasteiger partial charge < -0.3 is 5.32 Å². The maximum atomic E-state index is 12.7. The summed E-state index contributed by atoms with van der Waals surface area (Å²) in [5.41, 5.74) is 2.72. The minimum atomic E-state index is -3.69. The van der Waals surface area contributed by atoms with Gasteiger partial charge in [0.25, 0.3) is 5.91 Å². The SMILES string of the molecule is CC(C)NS(=O)(=O)c1ccc(Cl)c(C(=O)NC2CCc3ccccc3C2)c1. The molecule has 2 aromatic carbocycles. The third-order valence-corrected chi connectivity index (χ3v) is 6.55. The highest BCUT2D eigenvalue weighted by molar-refractivity contribution is 7.89. The van der Waals surface area contributed by atoms with E-state index in [0.717, 1.165) is 19.3 Å². The number of carbonyl (C=O) groups is 1. The number of fused-ring (bicyclic) bond motifs is 1. The van der Waals surface area contributed by atoms with Crippen molar-refractivity contribution >= 4 is 27.5 Å². The molecule has 2 N–H and O–H groups in total. The Labute approximate surface area is 165 Å². The van der Waals surface area contributed by atoms with Gasteiger partial charge in [-0.2, -0.15) is 0 Å². The molecule has 0 saturated carbocycles. The standard InChI is InChI=1S/C20H23ClN2O3S/c1-13(2)23-27(25,26)17-9-10-19(21)18(12-17)20(24)22-16-8-7-14-5-3-4-6-15(14)11-16/h3-6,9-10,12-13,16,23H,7-8,11H2,1-2H3,(H,22,24). The summed E-state index contributed by atoms with van der Waals surface area (Å²) in [4.78, 5) is 12.8. The molecule has 1 unspecified atom stereocenters. The Morgan fingerprint density at radius 1 is 1.15 bits per heavy atom. The van der Waals surface area contributed by atoms with Crippen LogP contribution in [0.15, 0.2) is 47.4 Å². The highest BCUT2D eigenvalue weighted by Crippen LogP contribution is 2.24. The predicted octanol–water partition coefficient (Wildman–Crippen LogP) is 3.31. The molecular formula is C20H23ClN2O3S. The molecule has 0 saturated heterocycles. The van der Waals surface area contributed by atoms with Gasteiger partial charge in [0.05, 0.1) is 15.5 Å². The van der Waals surface area contributed by atoms with E-state index < -0.39 is 10.0 Å². The van der Waals surface area contributed by atoms with Crippen LogP contribution in [0.5, 0.6) is 0 Å². The Balaban J connectivity index is 1.78. The first kappa shape index (κ1) is 19.9. The molecule has 27 heavy (non-hydrogen) atoms. The van der Waals surface area contributed by atoms with E-state index in [1.807, 2.05) is 12.1 Å². The summed E-state index contributed by atoms with van der Waals surface area (Å²) in [6, 6.07) is 12.1. The molecule has 1 amide bonds. The van der Waals surface area contributed by atoms with Crippen LogP contribution in [0.4, 0.5) is 0 Å². The van der Waals surface area contributed by atoms with E-state index in [0.29, 0.717) is 0 Å². The molecule has 0 bridgehead atoms. The quantitative estimate of drug-likeness (QED) is 0.799. The third kappa shape index (κ3) is 4.69. The molecule has 144 valence electrons. The normalized spacial score (nSPS) is 16.8. The largest absolute Gasteiger partial charge is 0.349 e. The van der Waals surface area contributed by atoms with Gasteiger partial charge in [-0.25, -0.2) is 13.1 Å². The summed E-state index contributed by atoms with van der Waals surface area (Å²) >= 11 is 6.17. The van der Waals surface area contributed by atoms with Gasteiger partial charge in [0.1, 0.15) is 0 Å². The van der Waals surface area contributed by atoms with Gasteiger partial charge in [0, 0.05) is 12.1 Å². The van der Waals surface area contributed by atoms with Crippen molar-refractivity contribution in [2.75, 3.05) is 0 Å². The second-order valence-electron chi connectivity index (χ2n) is 7.10. The van der Waals surface area contributed by atoms with E-state index in [-0.39, 0.29) is 33.5 Å². The number of amides is 1. The van der Waals surface area contributed by atoms with Gasteiger partial charge >= 0.3 is 0 Å². The van der Waals surface area contributed by atoms with Gasteiger partial charge in [-0.05, 0) is 62.4 Å². The van der Waals surface area contributed by atoms with Crippen LogP contribution in [-0.4, -0.2) is 26.4 Å². The molecule has 7 heteroatoms. The van der Waals surface area contributed by atoms with Crippen LogP contribution < -0.4 is 10.0 Å². The lowest BCUT2D eigenvalue weighted by Crippen LogP contribution is -2.39. The van der Waals surface area contributed by atoms with Gasteiger partial charge in [-0.1, -0.05) is 35.9 Å². The van der Waals surface area contributed by atoms with Crippen LogP contribution in [0, 0.1) is 0 Å². The Bertz CT molecular complexity index is 957. The molecular weight excluding hydrogens is 384 g/mol. The number of aryl methyl sites for hydroxylation is 1. The molecule has 0 spiro atoms. The number of carbonyl (C=O) groups excluding carboxylic acids is 1. The third-order valence-electron chi connectivity index (χ3n) is 4.57. The molecule has 1 aliphatic rings. The summed E-state index contributed by atoms with van der Waals surface area (Å²) < 4.78 is 27.3. The van der Waals surface area contributed by atoms with Gasteiger partial charge in [-0.3, -0.25) is 4.79 Å². The fourth-order valence-electron chi connectivity index (χ4n) is 3.31. The Morgan fingerprint density at radius 2 is 1.85 bits per heavy atom. The molecule has 0 radical (unpaired) electrons. The minimum Gasteiger partial charge on any atom is -0.349 e. The van der Waals surface area contributed by atoms with E-state index >= 15 is 0 Å². The number of sulfonamides is 1. The van der Waals surface area contributed by atoms with Crippen LogP contribution >= 0.6 is 11.6 Å². The predicted molar refractivity (Wildman–Crippen MR) is 107 cm³/mol. The lowest BCUT2D eigenvalue weighted by Gasteiger charge is -2.25. The van der Waals surface area contributed by atoms with Crippen molar-refractivity contribution in [3.63, 3.8) is 0 Å². The summed E-state index contributed by atoms with van der Waals surface area (Å²) in [6.07, 6.45) is 2.50.